The van der Waals surface area contributed by atoms with Crippen LogP contribution in [0.3, 0.4) is 0 Å². The van der Waals surface area contributed by atoms with E-state index in [1.165, 1.54) is 12.8 Å². The van der Waals surface area contributed by atoms with E-state index in [4.69, 9.17) is 5.11 Å². The van der Waals surface area contributed by atoms with Crippen molar-refractivity contribution in [2.24, 2.45) is 17.8 Å². The second-order valence-corrected chi connectivity index (χ2v) is 6.73. The first kappa shape index (κ1) is 13.8. The summed E-state index contributed by atoms with van der Waals surface area (Å²) in [6.45, 7) is 0.854. The number of carbonyl (C=O) groups is 1. The van der Waals surface area contributed by atoms with Crippen LogP contribution in [-0.4, -0.2) is 50.0 Å². The maximum absolute atomic E-state index is 11.1. The lowest BCUT2D eigenvalue weighted by Gasteiger charge is -2.41. The summed E-state index contributed by atoms with van der Waals surface area (Å²) < 4.78 is 0. The summed E-state index contributed by atoms with van der Waals surface area (Å²) in [5.41, 5.74) is 0. The lowest BCUT2D eigenvalue weighted by molar-refractivity contribution is -0.141. The van der Waals surface area contributed by atoms with Crippen molar-refractivity contribution in [3.05, 3.63) is 0 Å². The van der Waals surface area contributed by atoms with Crippen molar-refractivity contribution >= 4 is 17.7 Å². The maximum Gasteiger partial charge on any atom is 0.320 e. The number of hydrogen-bond acceptors (Lipinski definition) is 6. The minimum Gasteiger partial charge on any atom is -0.480 e. The van der Waals surface area contributed by atoms with Crippen LogP contribution in [0.4, 0.5) is 0 Å². The van der Waals surface area contributed by atoms with E-state index >= 15 is 0 Å². The van der Waals surface area contributed by atoms with Crippen molar-refractivity contribution in [3.63, 3.8) is 0 Å². The van der Waals surface area contributed by atoms with Gasteiger partial charge in [-0.1, -0.05) is 11.8 Å². The number of aliphatic carboxylic acids is 1. The molecule has 7 nitrogen and oxygen atoms in total. The standard InChI is InChI=1S/C12H19N5O2S/c18-11(19)10-4-9-3-7(1-2-8(9)5-13-10)6-20-12-14-16-17-15-12/h7-10,13H,1-6H2,(H,18,19)(H,14,15,16,17)/t7-,8-,9+,10-/m1/s1. The van der Waals surface area contributed by atoms with Crippen LogP contribution in [0.25, 0.3) is 0 Å². The molecule has 1 aromatic rings. The first-order valence-electron chi connectivity index (χ1n) is 7.05. The van der Waals surface area contributed by atoms with E-state index in [1.54, 1.807) is 11.8 Å². The smallest absolute Gasteiger partial charge is 0.320 e. The van der Waals surface area contributed by atoms with Crippen molar-refractivity contribution in [1.29, 1.82) is 0 Å². The molecule has 110 valence electrons. The Hall–Kier alpha value is -1.15. The van der Waals surface area contributed by atoms with E-state index in [9.17, 15) is 4.79 Å². The number of nitrogens with zero attached hydrogens (tertiary/aromatic N) is 3. The van der Waals surface area contributed by atoms with Gasteiger partial charge in [-0.25, -0.2) is 0 Å². The molecule has 0 aromatic carbocycles. The molecule has 3 rings (SSSR count). The summed E-state index contributed by atoms with van der Waals surface area (Å²) in [7, 11) is 0. The number of fused-ring (bicyclic) bond motifs is 1. The molecule has 2 fully saturated rings. The highest BCUT2D eigenvalue weighted by atomic mass is 32.2. The summed E-state index contributed by atoms with van der Waals surface area (Å²) in [6.07, 6.45) is 4.30. The first-order valence-corrected chi connectivity index (χ1v) is 8.03. The number of tetrazole rings is 1. The van der Waals surface area contributed by atoms with E-state index in [2.05, 4.69) is 25.9 Å². The fourth-order valence-electron chi connectivity index (χ4n) is 3.41. The number of hydrogen-bond donors (Lipinski definition) is 3. The molecule has 1 saturated carbocycles. The minimum absolute atomic E-state index is 0.361. The molecule has 0 amide bonds. The average molecular weight is 297 g/mol. The predicted molar refractivity (Wildman–Crippen MR) is 73.3 cm³/mol. The van der Waals surface area contributed by atoms with Gasteiger partial charge in [-0.2, -0.15) is 5.21 Å². The monoisotopic (exact) mass is 297 g/mol. The highest BCUT2D eigenvalue weighted by Gasteiger charge is 2.37. The number of nitrogens with one attached hydrogen (secondary N) is 2. The van der Waals surface area contributed by atoms with Gasteiger partial charge in [0.2, 0.25) is 5.16 Å². The Morgan fingerprint density at radius 2 is 2.25 bits per heavy atom. The number of carboxylic acids is 1. The van der Waals surface area contributed by atoms with Crippen LogP contribution in [0.2, 0.25) is 0 Å². The Labute approximate surface area is 121 Å². The first-order chi connectivity index (χ1) is 9.72. The van der Waals surface area contributed by atoms with E-state index in [0.717, 1.165) is 25.1 Å². The Balaban J connectivity index is 1.52. The zero-order valence-electron chi connectivity index (χ0n) is 11.2. The van der Waals surface area contributed by atoms with Gasteiger partial charge in [0.05, 0.1) is 0 Å². The van der Waals surface area contributed by atoms with Gasteiger partial charge in [-0.05, 0) is 55.2 Å². The van der Waals surface area contributed by atoms with Crippen LogP contribution in [-0.2, 0) is 4.79 Å². The largest absolute Gasteiger partial charge is 0.480 e. The number of carboxylic acid groups (broad SMARTS) is 1. The number of piperidine rings is 1. The highest BCUT2D eigenvalue weighted by Crippen LogP contribution is 2.40. The fraction of sp³-hybridized carbons (Fsp3) is 0.833. The SMILES string of the molecule is O=C(O)[C@H]1C[C@@H]2C[C@H](CSc3nn[nH]n3)CC[C@@H]2CN1. The molecule has 0 spiro atoms. The van der Waals surface area contributed by atoms with Gasteiger partial charge in [0.1, 0.15) is 6.04 Å². The zero-order chi connectivity index (χ0) is 13.9. The molecule has 1 aliphatic heterocycles. The van der Waals surface area contributed by atoms with Crippen molar-refractivity contribution in [2.45, 2.75) is 36.9 Å². The van der Waals surface area contributed by atoms with E-state index in [1.807, 2.05) is 0 Å². The third kappa shape index (κ3) is 3.12. The summed E-state index contributed by atoms with van der Waals surface area (Å²) in [4.78, 5) is 11.1. The molecule has 0 bridgehead atoms. The van der Waals surface area contributed by atoms with Gasteiger partial charge in [0, 0.05) is 5.75 Å². The van der Waals surface area contributed by atoms with Gasteiger partial charge in [0.25, 0.3) is 0 Å². The maximum atomic E-state index is 11.1. The molecule has 20 heavy (non-hydrogen) atoms. The second kappa shape index (κ2) is 6.09. The van der Waals surface area contributed by atoms with Gasteiger partial charge in [0.15, 0.2) is 0 Å². The van der Waals surface area contributed by atoms with Gasteiger partial charge in [-0.15, -0.1) is 10.2 Å². The van der Waals surface area contributed by atoms with Crippen molar-refractivity contribution < 1.29 is 9.90 Å². The fourth-order valence-corrected chi connectivity index (χ4v) is 4.30. The summed E-state index contributed by atoms with van der Waals surface area (Å²) in [5.74, 6) is 2.10. The van der Waals surface area contributed by atoms with Crippen LogP contribution in [0.5, 0.6) is 0 Å². The van der Waals surface area contributed by atoms with Gasteiger partial charge in [-0.3, -0.25) is 4.79 Å². The van der Waals surface area contributed by atoms with Crippen LogP contribution in [0.1, 0.15) is 25.7 Å². The normalized spacial score (nSPS) is 33.6. The van der Waals surface area contributed by atoms with E-state index < -0.39 is 5.97 Å². The molecular formula is C12H19N5O2S. The van der Waals surface area contributed by atoms with Crippen molar-refractivity contribution in [2.75, 3.05) is 12.3 Å². The molecule has 1 saturated heterocycles. The highest BCUT2D eigenvalue weighted by molar-refractivity contribution is 7.99. The third-order valence-corrected chi connectivity index (χ3v) is 5.55. The Morgan fingerprint density at radius 3 is 3.00 bits per heavy atom. The molecule has 2 aliphatic rings. The summed E-state index contributed by atoms with van der Waals surface area (Å²) in [5, 5.41) is 26.9. The van der Waals surface area contributed by atoms with Gasteiger partial charge >= 0.3 is 5.97 Å². The number of H-pyrrole nitrogens is 1. The Kier molecular flexibility index (Phi) is 4.21. The second-order valence-electron chi connectivity index (χ2n) is 5.74. The third-order valence-electron chi connectivity index (χ3n) is 4.49. The Bertz CT molecular complexity index is 455. The van der Waals surface area contributed by atoms with Crippen molar-refractivity contribution in [3.8, 4) is 0 Å². The Morgan fingerprint density at radius 1 is 1.35 bits per heavy atom. The molecule has 4 atom stereocenters. The quantitative estimate of drug-likeness (QED) is 0.705. The summed E-state index contributed by atoms with van der Waals surface area (Å²) >= 11 is 1.63. The molecule has 2 heterocycles. The molecular weight excluding hydrogens is 278 g/mol. The molecule has 0 unspecified atom stereocenters. The van der Waals surface area contributed by atoms with Crippen LogP contribution >= 0.6 is 11.8 Å². The van der Waals surface area contributed by atoms with Crippen LogP contribution in [0, 0.1) is 17.8 Å². The lowest BCUT2D eigenvalue weighted by Crippen LogP contribution is -2.49. The van der Waals surface area contributed by atoms with E-state index in [-0.39, 0.29) is 6.04 Å². The van der Waals surface area contributed by atoms with Crippen LogP contribution < -0.4 is 5.32 Å². The van der Waals surface area contributed by atoms with Crippen molar-refractivity contribution in [1.82, 2.24) is 25.9 Å². The number of rotatable bonds is 4. The molecule has 0 radical (unpaired) electrons. The predicted octanol–water partition coefficient (Wildman–Crippen LogP) is 0.771. The molecule has 3 N–H and O–H groups in total. The number of aromatic amines is 1. The van der Waals surface area contributed by atoms with E-state index in [0.29, 0.717) is 22.9 Å². The topological polar surface area (TPSA) is 104 Å². The zero-order valence-corrected chi connectivity index (χ0v) is 12.0. The summed E-state index contributed by atoms with van der Waals surface area (Å²) in [6, 6.07) is -0.361. The molecule has 1 aromatic heterocycles. The number of aromatic nitrogens is 4. The number of thioether (sulfide) groups is 1. The van der Waals surface area contributed by atoms with Gasteiger partial charge < -0.3 is 10.4 Å². The minimum atomic E-state index is -0.716. The lowest BCUT2D eigenvalue weighted by atomic mass is 9.70. The molecule has 1 aliphatic carbocycles. The van der Waals surface area contributed by atoms with Crippen LogP contribution in [0.15, 0.2) is 5.16 Å². The molecule has 8 heteroatoms. The average Bonchev–Trinajstić information content (AvgIpc) is 2.97.